The zero-order chi connectivity index (χ0) is 26.4. The molecule has 1 fully saturated rings. The average Bonchev–Trinajstić information content (AvgIpc) is 3.60. The summed E-state index contributed by atoms with van der Waals surface area (Å²) in [4.78, 5) is 17.2. The van der Waals surface area contributed by atoms with Gasteiger partial charge >= 0.3 is 5.97 Å². The molecular weight excluding hydrogens is 476 g/mol. The van der Waals surface area contributed by atoms with Crippen LogP contribution in [0.2, 0.25) is 0 Å². The maximum atomic E-state index is 12.6. The second-order valence-corrected chi connectivity index (χ2v) is 10.5. The first kappa shape index (κ1) is 26.1. The third-order valence-electron chi connectivity index (χ3n) is 7.86. The number of ether oxygens (including phenoxy) is 3. The highest BCUT2D eigenvalue weighted by atomic mass is 16.5. The Hall–Kier alpha value is -3.54. The minimum atomic E-state index is -0.322. The van der Waals surface area contributed by atoms with Gasteiger partial charge in [-0.15, -0.1) is 0 Å². The van der Waals surface area contributed by atoms with E-state index in [1.165, 1.54) is 5.56 Å². The summed E-state index contributed by atoms with van der Waals surface area (Å²) in [6.07, 6.45) is 13.4. The molecule has 1 aromatic heterocycles. The number of nitrogens with zero attached hydrogens (tertiary/aromatic N) is 2. The predicted octanol–water partition coefficient (Wildman–Crippen LogP) is 6.64. The molecule has 0 spiro atoms. The van der Waals surface area contributed by atoms with Gasteiger partial charge in [0.25, 0.3) is 0 Å². The fraction of sp³-hybridized carbons (Fsp3) is 0.438. The van der Waals surface area contributed by atoms with Gasteiger partial charge in [0.05, 0.1) is 18.6 Å². The Morgan fingerprint density at radius 1 is 1.16 bits per heavy atom. The molecule has 1 aliphatic heterocycles. The number of aromatic nitrogens is 2. The van der Waals surface area contributed by atoms with E-state index in [2.05, 4.69) is 35.3 Å². The highest BCUT2D eigenvalue weighted by molar-refractivity contribution is 5.85. The number of imidazole rings is 1. The molecule has 1 aliphatic carbocycles. The van der Waals surface area contributed by atoms with Gasteiger partial charge in [-0.3, -0.25) is 4.79 Å². The number of aryl methyl sites for hydroxylation is 2. The van der Waals surface area contributed by atoms with E-state index in [4.69, 9.17) is 14.2 Å². The van der Waals surface area contributed by atoms with Crippen LogP contribution in [-0.4, -0.2) is 34.8 Å². The smallest absolute Gasteiger partial charge is 0.312 e. The average molecular weight is 515 g/mol. The van der Waals surface area contributed by atoms with Crippen molar-refractivity contribution < 1.29 is 19.0 Å². The lowest BCUT2D eigenvalue weighted by Crippen LogP contribution is -2.30. The summed E-state index contributed by atoms with van der Waals surface area (Å²) in [5.41, 5.74) is 3.05. The van der Waals surface area contributed by atoms with Gasteiger partial charge in [0.15, 0.2) is 0 Å². The van der Waals surface area contributed by atoms with Crippen molar-refractivity contribution in [2.45, 2.75) is 64.4 Å². The molecule has 0 amide bonds. The van der Waals surface area contributed by atoms with E-state index in [9.17, 15) is 4.79 Å². The molecule has 3 aromatic rings. The Bertz CT molecular complexity index is 1260. The van der Waals surface area contributed by atoms with Gasteiger partial charge in [-0.05, 0) is 75.3 Å². The molecule has 6 nitrogen and oxygen atoms in total. The van der Waals surface area contributed by atoms with Crippen molar-refractivity contribution in [3.63, 3.8) is 0 Å². The molecule has 200 valence electrons. The Balaban J connectivity index is 1.26. The van der Waals surface area contributed by atoms with E-state index in [0.717, 1.165) is 79.8 Å². The van der Waals surface area contributed by atoms with Crippen molar-refractivity contribution in [1.29, 1.82) is 0 Å². The van der Waals surface area contributed by atoms with Gasteiger partial charge in [-0.25, -0.2) is 4.98 Å². The maximum Gasteiger partial charge on any atom is 0.312 e. The summed E-state index contributed by atoms with van der Waals surface area (Å²) >= 11 is 0. The predicted molar refractivity (Wildman–Crippen MR) is 149 cm³/mol. The molecule has 0 N–H and O–H groups in total. The molecule has 38 heavy (non-hydrogen) atoms. The van der Waals surface area contributed by atoms with E-state index in [1.807, 2.05) is 55.2 Å². The number of esters is 1. The van der Waals surface area contributed by atoms with Gasteiger partial charge in [0.1, 0.15) is 23.4 Å². The van der Waals surface area contributed by atoms with Gasteiger partial charge in [-0.1, -0.05) is 43.2 Å². The van der Waals surface area contributed by atoms with Crippen molar-refractivity contribution in [3.8, 4) is 11.5 Å². The summed E-state index contributed by atoms with van der Waals surface area (Å²) in [6.45, 7) is 2.88. The van der Waals surface area contributed by atoms with E-state index in [1.54, 1.807) is 0 Å². The first-order chi connectivity index (χ1) is 18.6. The van der Waals surface area contributed by atoms with E-state index in [-0.39, 0.29) is 17.5 Å². The maximum absolute atomic E-state index is 12.6. The first-order valence-corrected chi connectivity index (χ1v) is 13.9. The van der Waals surface area contributed by atoms with E-state index < -0.39 is 0 Å². The SMILES string of the molecule is CCOC(=O)C1(CCCOc2ccc3c(c2)C=C(c2nccn2C)C(CCc2ccccc2)O3)CCCC1. The topological polar surface area (TPSA) is 62.6 Å². The van der Waals surface area contributed by atoms with Gasteiger partial charge in [0.2, 0.25) is 0 Å². The lowest BCUT2D eigenvalue weighted by atomic mass is 9.81. The van der Waals surface area contributed by atoms with Crippen LogP contribution in [0.15, 0.2) is 60.9 Å². The first-order valence-electron chi connectivity index (χ1n) is 13.9. The number of hydrogen-bond acceptors (Lipinski definition) is 5. The Morgan fingerprint density at radius 2 is 1.97 bits per heavy atom. The van der Waals surface area contributed by atoms with Gasteiger partial charge in [0, 0.05) is 30.6 Å². The molecule has 2 aliphatic rings. The van der Waals surface area contributed by atoms with E-state index >= 15 is 0 Å². The third kappa shape index (κ3) is 5.79. The highest BCUT2D eigenvalue weighted by Gasteiger charge is 2.41. The lowest BCUT2D eigenvalue weighted by Gasteiger charge is -2.28. The molecule has 0 saturated heterocycles. The second kappa shape index (κ2) is 11.9. The quantitative estimate of drug-likeness (QED) is 0.212. The van der Waals surface area contributed by atoms with Crippen molar-refractivity contribution in [2.75, 3.05) is 13.2 Å². The summed E-state index contributed by atoms with van der Waals surface area (Å²) in [7, 11) is 2.01. The van der Waals surface area contributed by atoms with Crippen LogP contribution in [0.4, 0.5) is 0 Å². The highest BCUT2D eigenvalue weighted by Crippen LogP contribution is 2.43. The van der Waals surface area contributed by atoms with Crippen molar-refractivity contribution in [3.05, 3.63) is 77.9 Å². The largest absolute Gasteiger partial charge is 0.494 e. The van der Waals surface area contributed by atoms with Crippen LogP contribution in [-0.2, 0) is 23.0 Å². The molecule has 5 rings (SSSR count). The number of carbonyl (C=O) groups is 1. The number of benzene rings is 2. The lowest BCUT2D eigenvalue weighted by molar-refractivity contribution is -0.155. The zero-order valence-corrected chi connectivity index (χ0v) is 22.5. The third-order valence-corrected chi connectivity index (χ3v) is 7.86. The molecule has 1 unspecified atom stereocenters. The summed E-state index contributed by atoms with van der Waals surface area (Å²) in [5, 5.41) is 0. The summed E-state index contributed by atoms with van der Waals surface area (Å²) < 4.78 is 20.1. The van der Waals surface area contributed by atoms with Crippen LogP contribution in [0.25, 0.3) is 11.6 Å². The van der Waals surface area contributed by atoms with Gasteiger partial charge < -0.3 is 18.8 Å². The normalized spacial score (nSPS) is 17.8. The molecule has 6 heteroatoms. The monoisotopic (exact) mass is 514 g/mol. The number of hydrogen-bond donors (Lipinski definition) is 0. The fourth-order valence-electron chi connectivity index (χ4n) is 5.82. The van der Waals surface area contributed by atoms with Gasteiger partial charge in [-0.2, -0.15) is 0 Å². The zero-order valence-electron chi connectivity index (χ0n) is 22.5. The second-order valence-electron chi connectivity index (χ2n) is 10.5. The molecular formula is C32H38N2O4. The minimum absolute atomic E-state index is 0.0304. The van der Waals surface area contributed by atoms with Crippen molar-refractivity contribution in [1.82, 2.24) is 9.55 Å². The van der Waals surface area contributed by atoms with Crippen molar-refractivity contribution in [2.24, 2.45) is 12.5 Å². The molecule has 1 saturated carbocycles. The Morgan fingerprint density at radius 3 is 2.71 bits per heavy atom. The Kier molecular flexibility index (Phi) is 8.16. The van der Waals surface area contributed by atoms with Crippen LogP contribution >= 0.6 is 0 Å². The molecule has 0 bridgehead atoms. The number of rotatable bonds is 11. The summed E-state index contributed by atoms with van der Waals surface area (Å²) in [6, 6.07) is 16.5. The summed E-state index contributed by atoms with van der Waals surface area (Å²) in [5.74, 6) is 2.56. The number of fused-ring (bicyclic) bond motifs is 1. The van der Waals surface area contributed by atoms with Crippen LogP contribution in [0.1, 0.15) is 68.8 Å². The molecule has 1 atom stereocenters. The standard InChI is InChI=1S/C32H38N2O4/c1-3-36-31(35)32(16-7-8-17-32)18-9-21-37-26-13-15-28-25(22-26)23-27(30-33-19-20-34(30)2)29(38-28)14-12-24-10-5-4-6-11-24/h4-6,10-11,13,15,19-20,22-23,29H,3,7-9,12,14,16-18,21H2,1-2H3. The molecule has 0 radical (unpaired) electrons. The fourth-order valence-corrected chi connectivity index (χ4v) is 5.82. The van der Waals surface area contributed by atoms with Crippen LogP contribution in [0.3, 0.4) is 0 Å². The number of carbonyl (C=O) groups excluding carboxylic acids is 1. The van der Waals surface area contributed by atoms with Crippen LogP contribution in [0.5, 0.6) is 11.5 Å². The van der Waals surface area contributed by atoms with E-state index in [0.29, 0.717) is 13.2 Å². The van der Waals surface area contributed by atoms with Crippen molar-refractivity contribution >= 4 is 17.6 Å². The molecule has 2 heterocycles. The molecule has 2 aromatic carbocycles. The van der Waals surface area contributed by atoms with Crippen LogP contribution < -0.4 is 9.47 Å². The van der Waals surface area contributed by atoms with Crippen LogP contribution in [0, 0.1) is 5.41 Å². The minimum Gasteiger partial charge on any atom is -0.494 e. The Labute approximate surface area is 225 Å².